The summed E-state index contributed by atoms with van der Waals surface area (Å²) >= 11 is 0. The Morgan fingerprint density at radius 3 is 1.70 bits per heavy atom. The van der Waals surface area contributed by atoms with Crippen LogP contribution in [0.3, 0.4) is 0 Å². The van der Waals surface area contributed by atoms with E-state index in [0.717, 1.165) is 14.0 Å². The molecule has 29 nitrogen and oxygen atoms in total. The third-order valence-corrected chi connectivity index (χ3v) is 12.4. The number of hydrogen-bond donors (Lipinski definition) is 15. The van der Waals surface area contributed by atoms with Gasteiger partial charge in [0.15, 0.2) is 25.2 Å². The monoisotopic (exact) mass is 983 g/mol. The van der Waals surface area contributed by atoms with E-state index in [-0.39, 0.29) is 6.47 Å². The lowest BCUT2D eigenvalue weighted by molar-refractivity contribution is -0.448. The van der Waals surface area contributed by atoms with Gasteiger partial charge in [-0.15, -0.1) is 0 Å². The summed E-state index contributed by atoms with van der Waals surface area (Å²) in [6.45, 7) is -2.31. The van der Waals surface area contributed by atoms with E-state index in [1.807, 2.05) is 0 Å². The topological polar surface area (TPSA) is 440 Å². The molecule has 390 valence electrons. The highest BCUT2D eigenvalue weighted by atomic mass is 16.9. The molecule has 0 aromatic heterocycles. The molecule has 5 rings (SSSR count). The van der Waals surface area contributed by atoms with Crippen LogP contribution < -0.4 is 5.32 Å². The first-order valence-corrected chi connectivity index (χ1v) is 21.3. The molecule has 26 atom stereocenters. The highest BCUT2D eigenvalue weighted by Gasteiger charge is 2.59. The molecular weight excluding hydrogens is 918 g/mol. The van der Waals surface area contributed by atoms with Gasteiger partial charge in [0, 0.05) is 27.1 Å². The maximum absolute atomic E-state index is 12.8. The highest BCUT2D eigenvalue weighted by molar-refractivity contribution is 5.73. The molecule has 67 heavy (non-hydrogen) atoms. The Balaban J connectivity index is 1.45. The molecule has 1 amide bonds. The molecule has 5 fully saturated rings. The van der Waals surface area contributed by atoms with Gasteiger partial charge in [0.2, 0.25) is 5.91 Å². The number of ether oxygens (including phenoxy) is 12. The summed E-state index contributed by atoms with van der Waals surface area (Å²) in [7, 11) is 2.32. The minimum absolute atomic E-state index is 0.183. The van der Waals surface area contributed by atoms with Gasteiger partial charge in [-0.3, -0.25) is 9.59 Å². The zero-order valence-electron chi connectivity index (χ0n) is 36.7. The molecule has 0 aromatic carbocycles. The summed E-state index contributed by atoms with van der Waals surface area (Å²) in [4.78, 5) is 24.6. The van der Waals surface area contributed by atoms with Crippen LogP contribution in [0.1, 0.15) is 20.3 Å². The first-order chi connectivity index (χ1) is 31.8. The summed E-state index contributed by atoms with van der Waals surface area (Å²) < 4.78 is 68.2. The molecule has 0 saturated carbocycles. The van der Waals surface area contributed by atoms with Crippen molar-refractivity contribution in [2.24, 2.45) is 5.92 Å². The number of carbonyl (C=O) groups excluding carboxylic acids is 2. The molecule has 0 bridgehead atoms. The van der Waals surface area contributed by atoms with Gasteiger partial charge in [0.25, 0.3) is 6.47 Å². The van der Waals surface area contributed by atoms with Crippen molar-refractivity contribution in [2.75, 3.05) is 47.3 Å². The van der Waals surface area contributed by atoms with Crippen LogP contribution in [0.4, 0.5) is 0 Å². The van der Waals surface area contributed by atoms with Crippen molar-refractivity contribution in [1.29, 1.82) is 0 Å². The van der Waals surface area contributed by atoms with Gasteiger partial charge in [-0.25, -0.2) is 0 Å². The zero-order chi connectivity index (χ0) is 49.7. The second-order valence-corrected chi connectivity index (χ2v) is 16.7. The third-order valence-electron chi connectivity index (χ3n) is 12.4. The van der Waals surface area contributed by atoms with Gasteiger partial charge in [-0.2, -0.15) is 0 Å². The quantitative estimate of drug-likeness (QED) is 0.0398. The standard InChI is InChI=1S/C38H65NO28/c1-12-14(47)5-38(58-11-45,66-28(12)21(49)15(48)6-40)67-32-23(51)17(8-42)60-36(26(32)54)64-31-20(39-13(2)46)34(59-16(7-41)22(31)50)65-33-27(55)37(62-19(10-44)30(33)56-3)63-29-18(9-43)61-35(57-4)25(53)24(29)52/h11-12,14-37,40-44,47-55H,5-10H2,1-4H3,(H,39,46)/t12?,14?,15-,16?,17?,18?,19?,20?,21?,22?,23?,24?,25?,26?,27?,28?,29?,30?,31?,32?,33?,34?,35?,36?,37?,38?/m0/s1. The fraction of sp³-hybridized carbons (Fsp3) is 0.947. The Morgan fingerprint density at radius 1 is 0.657 bits per heavy atom. The van der Waals surface area contributed by atoms with E-state index < -0.39 is 204 Å². The van der Waals surface area contributed by atoms with E-state index in [9.17, 15) is 81.1 Å². The zero-order valence-corrected chi connectivity index (χ0v) is 36.7. The number of amides is 1. The highest BCUT2D eigenvalue weighted by Crippen LogP contribution is 2.41. The number of hydrogen-bond acceptors (Lipinski definition) is 28. The van der Waals surface area contributed by atoms with E-state index in [0.29, 0.717) is 0 Å². The van der Waals surface area contributed by atoms with Crippen LogP contribution >= 0.6 is 0 Å². The SMILES string of the molecule is COC1OC(CO)C(OC2OC(CO)C(OC)C(OC3OC(CO)C(O)C(OC4OC(CO)C(O)C(OC5(OC=O)CC(O)C(C)C(C(O)[C@@H](O)CO)O5)C4O)C3NC(C)=O)C2O)C(O)C1O. The number of carbonyl (C=O) groups is 2. The molecule has 25 unspecified atom stereocenters. The first-order valence-electron chi connectivity index (χ1n) is 21.3. The van der Waals surface area contributed by atoms with Crippen molar-refractivity contribution in [1.82, 2.24) is 5.32 Å². The van der Waals surface area contributed by atoms with Crippen molar-refractivity contribution in [3.05, 3.63) is 0 Å². The Labute approximate surface area is 382 Å². The summed E-state index contributed by atoms with van der Waals surface area (Å²) in [6.07, 6.45) is -41.4. The molecular formula is C38H65NO28. The third kappa shape index (κ3) is 12.0. The van der Waals surface area contributed by atoms with Crippen LogP contribution in [-0.4, -0.2) is 284 Å². The molecule has 0 aliphatic carbocycles. The Morgan fingerprint density at radius 2 is 1.16 bits per heavy atom. The van der Waals surface area contributed by atoms with Gasteiger partial charge < -0.3 is 134 Å². The fourth-order valence-electron chi connectivity index (χ4n) is 8.70. The number of rotatable bonds is 20. The Kier molecular flexibility index (Phi) is 20.3. The average Bonchev–Trinajstić information content (AvgIpc) is 3.30. The lowest BCUT2D eigenvalue weighted by Crippen LogP contribution is -2.70. The van der Waals surface area contributed by atoms with Crippen LogP contribution in [0.2, 0.25) is 0 Å². The van der Waals surface area contributed by atoms with Crippen molar-refractivity contribution < 1.29 is 138 Å². The molecule has 5 aliphatic rings. The van der Waals surface area contributed by atoms with E-state index >= 15 is 0 Å². The van der Waals surface area contributed by atoms with Crippen molar-refractivity contribution in [2.45, 2.75) is 173 Å². The summed E-state index contributed by atoms with van der Waals surface area (Å²) in [5.41, 5.74) is 0. The largest absolute Gasteiger partial charge is 0.410 e. The van der Waals surface area contributed by atoms with Crippen LogP contribution in [0.5, 0.6) is 0 Å². The van der Waals surface area contributed by atoms with Crippen LogP contribution in [-0.2, 0) is 66.4 Å². The molecule has 5 heterocycles. The van der Waals surface area contributed by atoms with Crippen molar-refractivity contribution >= 4 is 12.4 Å². The number of methoxy groups -OCH3 is 2. The minimum atomic E-state index is -2.75. The van der Waals surface area contributed by atoms with E-state index in [1.165, 1.54) is 14.0 Å². The molecule has 5 aliphatic heterocycles. The van der Waals surface area contributed by atoms with E-state index in [2.05, 4.69) is 5.32 Å². The summed E-state index contributed by atoms with van der Waals surface area (Å²) in [5, 5.41) is 153. The van der Waals surface area contributed by atoms with Gasteiger partial charge in [0.05, 0.1) is 51.7 Å². The van der Waals surface area contributed by atoms with Gasteiger partial charge in [-0.05, 0) is 0 Å². The van der Waals surface area contributed by atoms with Gasteiger partial charge >= 0.3 is 5.97 Å². The van der Waals surface area contributed by atoms with Crippen LogP contribution in [0.15, 0.2) is 0 Å². The Hall–Kier alpha value is -2.06. The number of nitrogens with one attached hydrogen (secondary N) is 1. The van der Waals surface area contributed by atoms with E-state index in [1.54, 1.807) is 0 Å². The molecule has 0 aromatic rings. The summed E-state index contributed by atoms with van der Waals surface area (Å²) in [6, 6.07) is -1.72. The predicted octanol–water partition coefficient (Wildman–Crippen LogP) is -9.95. The average molecular weight is 984 g/mol. The maximum atomic E-state index is 12.8. The molecule has 5 saturated heterocycles. The minimum Gasteiger partial charge on any atom is -0.410 e. The molecule has 0 spiro atoms. The molecule has 29 heteroatoms. The molecule has 0 radical (unpaired) electrons. The fourth-order valence-corrected chi connectivity index (χ4v) is 8.70. The van der Waals surface area contributed by atoms with Crippen molar-refractivity contribution in [3.63, 3.8) is 0 Å². The first kappa shape index (κ1) is 55.9. The van der Waals surface area contributed by atoms with Crippen molar-refractivity contribution in [3.8, 4) is 0 Å². The normalized spacial score (nSPS) is 47.2. The summed E-state index contributed by atoms with van der Waals surface area (Å²) in [5.74, 6) is -4.57. The lowest BCUT2D eigenvalue weighted by atomic mass is 9.86. The molecule has 15 N–H and O–H groups in total. The predicted molar refractivity (Wildman–Crippen MR) is 208 cm³/mol. The van der Waals surface area contributed by atoms with E-state index in [4.69, 9.17) is 56.8 Å². The number of aliphatic hydroxyl groups excluding tert-OH is 14. The second-order valence-electron chi connectivity index (χ2n) is 16.7. The van der Waals surface area contributed by atoms with Gasteiger partial charge in [-0.1, -0.05) is 6.92 Å². The van der Waals surface area contributed by atoms with Crippen LogP contribution in [0, 0.1) is 5.92 Å². The number of aliphatic hydroxyl groups is 14. The lowest BCUT2D eigenvalue weighted by Gasteiger charge is -2.51. The second kappa shape index (κ2) is 24.4. The smallest absolute Gasteiger partial charge is 0.332 e. The van der Waals surface area contributed by atoms with Crippen LogP contribution in [0.25, 0.3) is 0 Å². The van der Waals surface area contributed by atoms with Gasteiger partial charge in [0.1, 0.15) is 110 Å². The Bertz CT molecular complexity index is 1540. The maximum Gasteiger partial charge on any atom is 0.332 e.